The molecule has 0 saturated heterocycles. The van der Waals surface area contributed by atoms with Crippen molar-refractivity contribution in [3.8, 4) is 0 Å². The third-order valence-electron chi connectivity index (χ3n) is 2.37. The van der Waals surface area contributed by atoms with Crippen molar-refractivity contribution in [3.05, 3.63) is 0 Å². The van der Waals surface area contributed by atoms with Crippen LogP contribution in [-0.2, 0) is 0 Å². The van der Waals surface area contributed by atoms with Gasteiger partial charge in [-0.3, -0.25) is 0 Å². The molecule has 2 heteroatoms. The molecule has 0 aromatic rings. The van der Waals surface area contributed by atoms with E-state index in [1.165, 1.54) is 12.8 Å². The average molecular weight is 174 g/mol. The Morgan fingerprint density at radius 1 is 1.00 bits per heavy atom. The van der Waals surface area contributed by atoms with E-state index in [0.717, 1.165) is 24.6 Å². The lowest BCUT2D eigenvalue weighted by Crippen LogP contribution is -2.32. The average Bonchev–Trinajstić information content (AvgIpc) is 2.02. The maximum absolute atomic E-state index is 10.1. The molecule has 0 aromatic carbocycles. The molecule has 1 unspecified atom stereocenters. The Labute approximate surface area is 72.0 Å². The topological polar surface area (TPSA) is 20.2 Å². The van der Waals surface area contributed by atoms with Crippen LogP contribution in [-0.4, -0.2) is 13.1 Å². The molecule has 68 valence electrons. The number of hydrogen-bond donors (Lipinski definition) is 1. The van der Waals surface area contributed by atoms with Crippen LogP contribution in [0.2, 0.25) is 18.1 Å². The maximum Gasteiger partial charge on any atom is 0.188 e. The van der Waals surface area contributed by atoms with Crippen LogP contribution in [0, 0.1) is 0 Å². The van der Waals surface area contributed by atoms with E-state index in [0.29, 0.717) is 0 Å². The normalized spacial score (nSPS) is 16.4. The Hall–Kier alpha value is 0.177. The summed E-state index contributed by atoms with van der Waals surface area (Å²) in [5.41, 5.74) is 0. The van der Waals surface area contributed by atoms with Gasteiger partial charge in [0.25, 0.3) is 0 Å². The minimum absolute atomic E-state index is 1.04. The van der Waals surface area contributed by atoms with E-state index in [9.17, 15) is 4.80 Å². The second-order valence-electron chi connectivity index (χ2n) is 3.43. The molecular weight excluding hydrogens is 152 g/mol. The quantitative estimate of drug-likeness (QED) is 0.613. The molecule has 0 amide bonds. The molecule has 0 aliphatic carbocycles. The van der Waals surface area contributed by atoms with Crippen LogP contribution < -0.4 is 0 Å². The predicted octanol–water partition coefficient (Wildman–Crippen LogP) is 3.15. The van der Waals surface area contributed by atoms with Gasteiger partial charge in [-0.2, -0.15) is 0 Å². The Morgan fingerprint density at radius 3 is 2.00 bits per heavy atom. The SMILES string of the molecule is CCCC[Si](O)(CC)CCC. The first kappa shape index (κ1) is 11.2. The molecule has 0 bridgehead atoms. The van der Waals surface area contributed by atoms with Gasteiger partial charge in [-0.15, -0.1) is 0 Å². The van der Waals surface area contributed by atoms with Gasteiger partial charge in [-0.1, -0.05) is 40.0 Å². The summed E-state index contributed by atoms with van der Waals surface area (Å²) >= 11 is 0. The summed E-state index contributed by atoms with van der Waals surface area (Å²) in [4.78, 5) is 10.1. The molecule has 0 spiro atoms. The lowest BCUT2D eigenvalue weighted by molar-refractivity contribution is 0.518. The molecule has 0 heterocycles. The van der Waals surface area contributed by atoms with Gasteiger partial charge in [0.1, 0.15) is 0 Å². The highest BCUT2D eigenvalue weighted by molar-refractivity contribution is 6.72. The molecule has 0 aliphatic heterocycles. The molecule has 0 saturated carbocycles. The summed E-state index contributed by atoms with van der Waals surface area (Å²) in [7, 11) is -1.74. The van der Waals surface area contributed by atoms with E-state index in [1.807, 2.05) is 0 Å². The smallest absolute Gasteiger partial charge is 0.188 e. The molecule has 0 rings (SSSR count). The van der Waals surface area contributed by atoms with Crippen molar-refractivity contribution in [2.75, 3.05) is 0 Å². The molecule has 0 radical (unpaired) electrons. The fraction of sp³-hybridized carbons (Fsp3) is 1.00. The predicted molar refractivity (Wildman–Crippen MR) is 53.3 cm³/mol. The third kappa shape index (κ3) is 4.59. The summed E-state index contributed by atoms with van der Waals surface area (Å²) in [6, 6.07) is 3.26. The molecule has 0 aliphatic rings. The van der Waals surface area contributed by atoms with Crippen molar-refractivity contribution >= 4 is 8.32 Å². The second-order valence-corrected chi connectivity index (χ2v) is 7.59. The van der Waals surface area contributed by atoms with Crippen LogP contribution in [0.1, 0.15) is 40.0 Å². The highest BCUT2D eigenvalue weighted by Gasteiger charge is 2.26. The standard InChI is InChI=1S/C9H22OSi/c1-4-7-9-11(10,6-3)8-5-2/h10H,4-9H2,1-3H3. The highest BCUT2D eigenvalue weighted by Crippen LogP contribution is 2.21. The number of unbranched alkanes of at least 4 members (excludes halogenated alkanes) is 1. The highest BCUT2D eigenvalue weighted by atomic mass is 28.4. The van der Waals surface area contributed by atoms with E-state index in [1.54, 1.807) is 0 Å². The van der Waals surface area contributed by atoms with Crippen molar-refractivity contribution in [2.24, 2.45) is 0 Å². The van der Waals surface area contributed by atoms with E-state index in [4.69, 9.17) is 0 Å². The molecule has 11 heavy (non-hydrogen) atoms. The Kier molecular flexibility index (Phi) is 5.87. The Morgan fingerprint density at radius 2 is 1.64 bits per heavy atom. The summed E-state index contributed by atoms with van der Waals surface area (Å²) in [6.07, 6.45) is 3.59. The monoisotopic (exact) mass is 174 g/mol. The van der Waals surface area contributed by atoms with Crippen molar-refractivity contribution in [2.45, 2.75) is 58.2 Å². The van der Waals surface area contributed by atoms with Gasteiger partial charge in [0.05, 0.1) is 0 Å². The van der Waals surface area contributed by atoms with E-state index >= 15 is 0 Å². The number of hydrogen-bond acceptors (Lipinski definition) is 1. The third-order valence-corrected chi connectivity index (χ3v) is 6.40. The first-order chi connectivity index (χ1) is 5.18. The summed E-state index contributed by atoms with van der Waals surface area (Å²) < 4.78 is 0. The largest absolute Gasteiger partial charge is 0.432 e. The van der Waals surface area contributed by atoms with Crippen LogP contribution in [0.25, 0.3) is 0 Å². The van der Waals surface area contributed by atoms with Crippen LogP contribution >= 0.6 is 0 Å². The van der Waals surface area contributed by atoms with Crippen molar-refractivity contribution in [1.29, 1.82) is 0 Å². The fourth-order valence-corrected chi connectivity index (χ4v) is 4.35. The van der Waals surface area contributed by atoms with E-state index in [2.05, 4.69) is 20.8 Å². The molecule has 1 nitrogen and oxygen atoms in total. The molecule has 1 atom stereocenters. The zero-order valence-corrected chi connectivity index (χ0v) is 9.19. The van der Waals surface area contributed by atoms with Gasteiger partial charge >= 0.3 is 0 Å². The van der Waals surface area contributed by atoms with Gasteiger partial charge in [0, 0.05) is 0 Å². The minimum atomic E-state index is -1.74. The lowest BCUT2D eigenvalue weighted by Gasteiger charge is -2.22. The lowest BCUT2D eigenvalue weighted by atomic mass is 10.4. The van der Waals surface area contributed by atoms with Crippen LogP contribution in [0.4, 0.5) is 0 Å². The zero-order valence-electron chi connectivity index (χ0n) is 8.19. The second kappa shape index (κ2) is 5.78. The van der Waals surface area contributed by atoms with E-state index < -0.39 is 8.32 Å². The van der Waals surface area contributed by atoms with Gasteiger partial charge in [0.2, 0.25) is 0 Å². The Bertz CT molecular complexity index is 95.6. The summed E-state index contributed by atoms with van der Waals surface area (Å²) in [6.45, 7) is 6.49. The molecule has 0 aromatic heterocycles. The fourth-order valence-electron chi connectivity index (χ4n) is 1.45. The van der Waals surface area contributed by atoms with Crippen molar-refractivity contribution in [1.82, 2.24) is 0 Å². The summed E-state index contributed by atoms with van der Waals surface area (Å²) in [5.74, 6) is 0. The first-order valence-electron chi connectivity index (χ1n) is 4.91. The van der Waals surface area contributed by atoms with Gasteiger partial charge in [0.15, 0.2) is 8.32 Å². The molecule has 0 fully saturated rings. The molecule has 1 N–H and O–H groups in total. The van der Waals surface area contributed by atoms with Crippen molar-refractivity contribution in [3.63, 3.8) is 0 Å². The molecular formula is C9H22OSi. The maximum atomic E-state index is 10.1. The Balaban J connectivity index is 3.68. The zero-order chi connectivity index (χ0) is 8.74. The van der Waals surface area contributed by atoms with Crippen LogP contribution in [0.5, 0.6) is 0 Å². The first-order valence-corrected chi connectivity index (χ1v) is 7.47. The van der Waals surface area contributed by atoms with Gasteiger partial charge in [-0.25, -0.2) is 0 Å². The van der Waals surface area contributed by atoms with E-state index in [-0.39, 0.29) is 0 Å². The number of rotatable bonds is 6. The van der Waals surface area contributed by atoms with Gasteiger partial charge in [-0.05, 0) is 18.1 Å². The summed E-state index contributed by atoms with van der Waals surface area (Å²) in [5, 5.41) is 0. The van der Waals surface area contributed by atoms with Crippen molar-refractivity contribution < 1.29 is 4.80 Å². The van der Waals surface area contributed by atoms with Crippen LogP contribution in [0.15, 0.2) is 0 Å². The van der Waals surface area contributed by atoms with Crippen LogP contribution in [0.3, 0.4) is 0 Å². The minimum Gasteiger partial charge on any atom is -0.432 e. The van der Waals surface area contributed by atoms with Gasteiger partial charge < -0.3 is 4.80 Å².